The molecule has 4 rings (SSSR count). The SMILES string of the molecule is CN=C(NCCc1nc(-c2cccc(Cl)c2)no1)N1CCN(c2ccccc2)CC1. The fourth-order valence-corrected chi connectivity index (χ4v) is 3.72. The highest BCUT2D eigenvalue weighted by Crippen LogP contribution is 2.20. The van der Waals surface area contributed by atoms with Gasteiger partial charge in [0.2, 0.25) is 11.7 Å². The van der Waals surface area contributed by atoms with E-state index in [9.17, 15) is 0 Å². The number of halogens is 1. The summed E-state index contributed by atoms with van der Waals surface area (Å²) in [6, 6.07) is 18.0. The standard InChI is InChI=1S/C22H25ClN6O/c1-24-22(29-14-12-28(13-15-29)19-8-3-2-4-9-19)25-11-10-20-26-21(27-30-20)17-6-5-7-18(23)16-17/h2-9,16H,10-15H2,1H3,(H,24,25). The van der Waals surface area contributed by atoms with Crippen LogP contribution >= 0.6 is 11.6 Å². The third kappa shape index (κ3) is 4.91. The van der Waals surface area contributed by atoms with Crippen LogP contribution in [0.2, 0.25) is 5.02 Å². The molecule has 0 saturated carbocycles. The summed E-state index contributed by atoms with van der Waals surface area (Å²) in [6.07, 6.45) is 0.622. The van der Waals surface area contributed by atoms with Gasteiger partial charge in [0.05, 0.1) is 0 Å². The minimum Gasteiger partial charge on any atom is -0.368 e. The number of hydrogen-bond donors (Lipinski definition) is 1. The maximum atomic E-state index is 6.04. The number of piperazine rings is 1. The lowest BCUT2D eigenvalue weighted by Gasteiger charge is -2.37. The third-order valence-electron chi connectivity index (χ3n) is 5.09. The number of aliphatic imine (C=N–C) groups is 1. The monoisotopic (exact) mass is 424 g/mol. The van der Waals surface area contributed by atoms with Crippen LogP contribution in [-0.4, -0.2) is 60.8 Å². The Morgan fingerprint density at radius 3 is 2.63 bits per heavy atom. The summed E-state index contributed by atoms with van der Waals surface area (Å²) in [5, 5.41) is 8.11. The maximum Gasteiger partial charge on any atom is 0.228 e. The summed E-state index contributed by atoms with van der Waals surface area (Å²) < 4.78 is 5.38. The molecule has 1 aliphatic rings. The highest BCUT2D eigenvalue weighted by molar-refractivity contribution is 6.30. The number of guanidine groups is 1. The summed E-state index contributed by atoms with van der Waals surface area (Å²) in [6.45, 7) is 4.46. The Morgan fingerprint density at radius 2 is 1.90 bits per heavy atom. The minimum absolute atomic E-state index is 0.550. The smallest absolute Gasteiger partial charge is 0.228 e. The number of hydrogen-bond acceptors (Lipinski definition) is 5. The van der Waals surface area contributed by atoms with Crippen LogP contribution in [0.5, 0.6) is 0 Å². The van der Waals surface area contributed by atoms with Crippen molar-refractivity contribution in [3.8, 4) is 11.4 Å². The zero-order valence-electron chi connectivity index (χ0n) is 17.0. The second kappa shape index (κ2) is 9.63. The molecule has 2 heterocycles. The maximum absolute atomic E-state index is 6.04. The van der Waals surface area contributed by atoms with Crippen LogP contribution in [0.1, 0.15) is 5.89 Å². The molecule has 3 aromatic rings. The number of nitrogens with one attached hydrogen (secondary N) is 1. The molecule has 0 aliphatic carbocycles. The molecule has 0 atom stereocenters. The third-order valence-corrected chi connectivity index (χ3v) is 5.32. The van der Waals surface area contributed by atoms with Gasteiger partial charge < -0.3 is 19.6 Å². The summed E-state index contributed by atoms with van der Waals surface area (Å²) in [7, 11) is 1.82. The summed E-state index contributed by atoms with van der Waals surface area (Å²) >= 11 is 6.04. The fraction of sp³-hybridized carbons (Fsp3) is 0.318. The second-order valence-corrected chi connectivity index (χ2v) is 7.49. The van der Waals surface area contributed by atoms with E-state index in [1.165, 1.54) is 5.69 Å². The van der Waals surface area contributed by atoms with Gasteiger partial charge in [-0.15, -0.1) is 0 Å². The molecule has 0 bridgehead atoms. The molecule has 0 spiro atoms. The van der Waals surface area contributed by atoms with Crippen molar-refractivity contribution in [3.05, 3.63) is 65.5 Å². The first-order valence-corrected chi connectivity index (χ1v) is 10.4. The molecule has 1 aliphatic heterocycles. The first-order chi connectivity index (χ1) is 14.7. The van der Waals surface area contributed by atoms with Crippen molar-refractivity contribution in [2.24, 2.45) is 4.99 Å². The average Bonchev–Trinajstić information content (AvgIpc) is 3.27. The lowest BCUT2D eigenvalue weighted by Crippen LogP contribution is -2.52. The van der Waals surface area contributed by atoms with Gasteiger partial charge in [0, 0.05) is 62.5 Å². The summed E-state index contributed by atoms with van der Waals surface area (Å²) in [4.78, 5) is 13.6. The number of nitrogens with zero attached hydrogens (tertiary/aromatic N) is 5. The second-order valence-electron chi connectivity index (χ2n) is 7.06. The van der Waals surface area contributed by atoms with Crippen molar-refractivity contribution in [2.45, 2.75) is 6.42 Å². The molecular formula is C22H25ClN6O. The van der Waals surface area contributed by atoms with E-state index in [1.807, 2.05) is 37.4 Å². The van der Waals surface area contributed by atoms with Crippen LogP contribution in [0.4, 0.5) is 5.69 Å². The minimum atomic E-state index is 0.550. The topological polar surface area (TPSA) is 69.8 Å². The lowest BCUT2D eigenvalue weighted by molar-refractivity contribution is 0.365. The normalized spacial score (nSPS) is 14.8. The number of aromatic nitrogens is 2. The van der Waals surface area contributed by atoms with Crippen LogP contribution in [0.25, 0.3) is 11.4 Å². The van der Waals surface area contributed by atoms with Crippen molar-refractivity contribution in [1.29, 1.82) is 0 Å². The van der Waals surface area contributed by atoms with E-state index in [0.29, 0.717) is 29.7 Å². The molecule has 1 saturated heterocycles. The van der Waals surface area contributed by atoms with Gasteiger partial charge in [-0.25, -0.2) is 0 Å². The van der Waals surface area contributed by atoms with Gasteiger partial charge in [-0.05, 0) is 24.3 Å². The van der Waals surface area contributed by atoms with E-state index in [1.54, 1.807) is 0 Å². The highest BCUT2D eigenvalue weighted by atomic mass is 35.5. The van der Waals surface area contributed by atoms with E-state index in [-0.39, 0.29) is 0 Å². The first-order valence-electron chi connectivity index (χ1n) is 10.1. The van der Waals surface area contributed by atoms with E-state index >= 15 is 0 Å². The van der Waals surface area contributed by atoms with Crippen molar-refractivity contribution < 1.29 is 4.52 Å². The Morgan fingerprint density at radius 1 is 1.10 bits per heavy atom. The molecular weight excluding hydrogens is 400 g/mol. The van der Waals surface area contributed by atoms with Gasteiger partial charge in [-0.2, -0.15) is 4.98 Å². The lowest BCUT2D eigenvalue weighted by atomic mass is 10.2. The summed E-state index contributed by atoms with van der Waals surface area (Å²) in [5.41, 5.74) is 2.12. The average molecular weight is 425 g/mol. The zero-order valence-corrected chi connectivity index (χ0v) is 17.7. The molecule has 1 aromatic heterocycles. The van der Waals surface area contributed by atoms with Gasteiger partial charge in [-0.3, -0.25) is 4.99 Å². The zero-order chi connectivity index (χ0) is 20.8. The Hall–Kier alpha value is -3.06. The molecule has 1 fully saturated rings. The van der Waals surface area contributed by atoms with Crippen LogP contribution in [-0.2, 0) is 6.42 Å². The molecule has 1 N–H and O–H groups in total. The quantitative estimate of drug-likeness (QED) is 0.500. The Balaban J connectivity index is 1.27. The van der Waals surface area contributed by atoms with Crippen LogP contribution in [0.3, 0.4) is 0 Å². The van der Waals surface area contributed by atoms with Crippen molar-refractivity contribution in [2.75, 3.05) is 44.7 Å². The Kier molecular flexibility index (Phi) is 6.49. The van der Waals surface area contributed by atoms with Gasteiger partial charge in [-0.1, -0.05) is 47.1 Å². The van der Waals surface area contributed by atoms with Gasteiger partial charge >= 0.3 is 0 Å². The molecule has 8 heteroatoms. The molecule has 0 unspecified atom stereocenters. The Labute approximate surface area is 181 Å². The van der Waals surface area contributed by atoms with Gasteiger partial charge in [0.1, 0.15) is 0 Å². The fourth-order valence-electron chi connectivity index (χ4n) is 3.53. The molecule has 2 aromatic carbocycles. The number of anilines is 1. The van der Waals surface area contributed by atoms with E-state index in [0.717, 1.165) is 37.7 Å². The number of rotatable bonds is 5. The molecule has 30 heavy (non-hydrogen) atoms. The van der Waals surface area contributed by atoms with Crippen LogP contribution in [0, 0.1) is 0 Å². The van der Waals surface area contributed by atoms with Crippen molar-refractivity contribution >= 4 is 23.2 Å². The predicted molar refractivity (Wildman–Crippen MR) is 120 cm³/mol. The number of benzene rings is 2. The highest BCUT2D eigenvalue weighted by Gasteiger charge is 2.19. The summed E-state index contributed by atoms with van der Waals surface area (Å²) in [5.74, 6) is 2.04. The molecule has 156 valence electrons. The molecule has 0 radical (unpaired) electrons. The Bertz CT molecular complexity index is 982. The van der Waals surface area contributed by atoms with Gasteiger partial charge in [0.25, 0.3) is 0 Å². The first kappa shape index (κ1) is 20.2. The largest absolute Gasteiger partial charge is 0.368 e. The van der Waals surface area contributed by atoms with Crippen LogP contribution < -0.4 is 10.2 Å². The number of para-hydroxylation sites is 1. The molecule has 0 amide bonds. The van der Waals surface area contributed by atoms with Crippen molar-refractivity contribution in [1.82, 2.24) is 20.4 Å². The van der Waals surface area contributed by atoms with E-state index < -0.39 is 0 Å². The van der Waals surface area contributed by atoms with Crippen molar-refractivity contribution in [3.63, 3.8) is 0 Å². The van der Waals surface area contributed by atoms with E-state index in [2.05, 4.69) is 54.5 Å². The van der Waals surface area contributed by atoms with E-state index in [4.69, 9.17) is 16.1 Å². The molecule has 7 nitrogen and oxygen atoms in total. The van der Waals surface area contributed by atoms with Crippen LogP contribution in [0.15, 0.2) is 64.1 Å². The van der Waals surface area contributed by atoms with Gasteiger partial charge in [0.15, 0.2) is 5.96 Å². The predicted octanol–water partition coefficient (Wildman–Crippen LogP) is 3.33.